The number of aromatic nitrogens is 2. The molecule has 1 amide bonds. The maximum Gasteiger partial charge on any atom is 0.420 e. The van der Waals surface area contributed by atoms with Crippen LogP contribution in [0.25, 0.3) is 22.4 Å². The van der Waals surface area contributed by atoms with Gasteiger partial charge in [-0.05, 0) is 37.3 Å². The van der Waals surface area contributed by atoms with E-state index in [1.165, 1.54) is 15.9 Å². The molecular weight excluding hydrogens is 406 g/mol. The Kier molecular flexibility index (Phi) is 4.51. The maximum absolute atomic E-state index is 12.8. The number of ether oxygens (including phenoxy) is 2. The summed E-state index contributed by atoms with van der Waals surface area (Å²) in [6, 6.07) is 11.9. The van der Waals surface area contributed by atoms with Crippen LogP contribution in [0.3, 0.4) is 0 Å². The molecule has 0 aliphatic carbocycles. The van der Waals surface area contributed by atoms with E-state index in [0.29, 0.717) is 46.6 Å². The number of fused-ring (bicyclic) bond motifs is 2. The number of amides is 1. The third kappa shape index (κ3) is 3.22. The number of rotatable bonds is 4. The van der Waals surface area contributed by atoms with Crippen molar-refractivity contribution in [2.45, 2.75) is 13.0 Å². The van der Waals surface area contributed by atoms with Crippen LogP contribution in [0, 0.1) is 0 Å². The first-order valence-electron chi connectivity index (χ1n) is 9.36. The molecule has 2 aromatic carbocycles. The Bertz CT molecular complexity index is 1310. The molecule has 0 bridgehead atoms. The summed E-state index contributed by atoms with van der Waals surface area (Å²) in [6.07, 6.45) is 0. The number of anilines is 1. The molecule has 5 rings (SSSR count). The lowest BCUT2D eigenvalue weighted by molar-refractivity contribution is -0.118. The summed E-state index contributed by atoms with van der Waals surface area (Å²) < 4.78 is 17.7. The number of carbonyl (C=O) groups excluding carboxylic acids is 1. The van der Waals surface area contributed by atoms with Crippen LogP contribution in [0.5, 0.6) is 11.5 Å². The largest absolute Gasteiger partial charge is 0.486 e. The van der Waals surface area contributed by atoms with Gasteiger partial charge in [0.1, 0.15) is 19.3 Å². The predicted molar refractivity (Wildman–Crippen MR) is 112 cm³/mol. The monoisotopic (exact) mass is 423 g/mol. The molecule has 0 fully saturated rings. The lowest BCUT2D eigenvalue weighted by Crippen LogP contribution is -2.29. The van der Waals surface area contributed by atoms with Crippen molar-refractivity contribution < 1.29 is 18.7 Å². The number of hydrogen-bond donors (Lipinski definition) is 1. The highest BCUT2D eigenvalue weighted by Crippen LogP contribution is 2.35. The second-order valence-corrected chi connectivity index (χ2v) is 7.63. The molecule has 0 saturated heterocycles. The van der Waals surface area contributed by atoms with Crippen LogP contribution in [0.15, 0.2) is 57.1 Å². The van der Waals surface area contributed by atoms with Gasteiger partial charge in [-0.3, -0.25) is 9.36 Å². The summed E-state index contributed by atoms with van der Waals surface area (Å²) in [7, 11) is 0. The Labute approximate surface area is 174 Å². The van der Waals surface area contributed by atoms with Gasteiger partial charge in [-0.15, -0.1) is 11.3 Å². The molecule has 2 aromatic heterocycles. The molecule has 1 aliphatic heterocycles. The van der Waals surface area contributed by atoms with Crippen LogP contribution in [0.4, 0.5) is 5.13 Å². The summed E-state index contributed by atoms with van der Waals surface area (Å²) in [5.41, 5.74) is 2.59. The van der Waals surface area contributed by atoms with Crippen LogP contribution >= 0.6 is 11.3 Å². The highest BCUT2D eigenvalue weighted by Gasteiger charge is 2.22. The Balaban J connectivity index is 1.36. The number of nitrogens with zero attached hydrogens (tertiary/aromatic N) is 2. The van der Waals surface area contributed by atoms with E-state index in [9.17, 15) is 9.59 Å². The first kappa shape index (κ1) is 18.4. The van der Waals surface area contributed by atoms with Crippen molar-refractivity contribution in [2.75, 3.05) is 18.5 Å². The summed E-state index contributed by atoms with van der Waals surface area (Å²) in [5.74, 6) is 0.458. The van der Waals surface area contributed by atoms with Crippen molar-refractivity contribution >= 4 is 33.5 Å². The average Bonchev–Trinajstić information content (AvgIpc) is 3.36. The Morgan fingerprint density at radius 1 is 1.17 bits per heavy atom. The van der Waals surface area contributed by atoms with E-state index < -0.39 is 11.8 Å². The Morgan fingerprint density at radius 2 is 1.97 bits per heavy atom. The topological polar surface area (TPSA) is 95.6 Å². The molecule has 1 aliphatic rings. The maximum atomic E-state index is 12.8. The molecule has 1 unspecified atom stereocenters. The fourth-order valence-electron chi connectivity index (χ4n) is 3.34. The van der Waals surface area contributed by atoms with Gasteiger partial charge in [0.05, 0.1) is 11.2 Å². The van der Waals surface area contributed by atoms with Gasteiger partial charge in [-0.2, -0.15) is 0 Å². The molecule has 152 valence electrons. The normalized spacial score (nSPS) is 13.9. The van der Waals surface area contributed by atoms with Gasteiger partial charge >= 0.3 is 5.76 Å². The second-order valence-electron chi connectivity index (χ2n) is 6.77. The zero-order valence-electron chi connectivity index (χ0n) is 16.0. The van der Waals surface area contributed by atoms with Gasteiger partial charge in [0, 0.05) is 10.9 Å². The summed E-state index contributed by atoms with van der Waals surface area (Å²) >= 11 is 1.31. The van der Waals surface area contributed by atoms with Crippen molar-refractivity contribution in [3.8, 4) is 22.8 Å². The Morgan fingerprint density at radius 3 is 2.83 bits per heavy atom. The minimum absolute atomic E-state index is 0.355. The van der Waals surface area contributed by atoms with Crippen molar-refractivity contribution in [3.05, 3.63) is 58.4 Å². The van der Waals surface area contributed by atoms with Gasteiger partial charge in [0.25, 0.3) is 0 Å². The molecular formula is C21H17N3O5S. The first-order valence-corrected chi connectivity index (χ1v) is 10.2. The number of oxazole rings is 1. The lowest BCUT2D eigenvalue weighted by atomic mass is 10.1. The predicted octanol–water partition coefficient (Wildman–Crippen LogP) is 3.69. The van der Waals surface area contributed by atoms with E-state index in [1.807, 2.05) is 23.6 Å². The van der Waals surface area contributed by atoms with E-state index in [1.54, 1.807) is 31.2 Å². The molecule has 4 aromatic rings. The molecule has 0 radical (unpaired) electrons. The number of nitrogens with one attached hydrogen (secondary N) is 1. The van der Waals surface area contributed by atoms with Crippen molar-refractivity contribution in [3.63, 3.8) is 0 Å². The summed E-state index contributed by atoms with van der Waals surface area (Å²) in [6.45, 7) is 2.69. The van der Waals surface area contributed by atoms with E-state index in [4.69, 9.17) is 13.9 Å². The lowest BCUT2D eigenvalue weighted by Gasteiger charge is -2.18. The van der Waals surface area contributed by atoms with E-state index in [0.717, 1.165) is 5.56 Å². The first-order chi connectivity index (χ1) is 14.6. The van der Waals surface area contributed by atoms with E-state index >= 15 is 0 Å². The molecule has 30 heavy (non-hydrogen) atoms. The SMILES string of the molecule is CC(C(=O)Nc1nc(-c2ccc3c(c2)OCCO3)cs1)n1c(=O)oc2ccccc21. The molecule has 0 saturated carbocycles. The standard InChI is InChI=1S/C21H17N3O5S/c1-12(24-15-4-2-3-5-16(15)29-21(24)26)19(25)23-20-22-14(11-30-20)13-6-7-17-18(10-13)28-9-8-27-17/h2-7,10-12H,8-9H2,1H3,(H,22,23,25). The number of benzene rings is 2. The molecule has 0 spiro atoms. The zero-order valence-corrected chi connectivity index (χ0v) is 16.8. The van der Waals surface area contributed by atoms with Crippen molar-refractivity contribution in [1.82, 2.24) is 9.55 Å². The summed E-state index contributed by atoms with van der Waals surface area (Å²) in [4.78, 5) is 29.5. The average molecular weight is 423 g/mol. The highest BCUT2D eigenvalue weighted by atomic mass is 32.1. The van der Waals surface area contributed by atoms with Crippen LogP contribution in [-0.4, -0.2) is 28.7 Å². The van der Waals surface area contributed by atoms with Gasteiger partial charge in [0.15, 0.2) is 22.2 Å². The molecule has 3 heterocycles. The molecule has 9 heteroatoms. The minimum Gasteiger partial charge on any atom is -0.486 e. The molecule has 1 N–H and O–H groups in total. The molecule has 1 atom stereocenters. The van der Waals surface area contributed by atoms with Crippen LogP contribution in [0.2, 0.25) is 0 Å². The van der Waals surface area contributed by atoms with E-state index in [2.05, 4.69) is 10.3 Å². The van der Waals surface area contributed by atoms with Crippen LogP contribution in [0.1, 0.15) is 13.0 Å². The quantitative estimate of drug-likeness (QED) is 0.538. The fourth-order valence-corrected chi connectivity index (χ4v) is 4.07. The third-order valence-corrected chi connectivity index (χ3v) is 5.62. The van der Waals surface area contributed by atoms with Gasteiger partial charge < -0.3 is 19.2 Å². The minimum atomic E-state index is -0.761. The third-order valence-electron chi connectivity index (χ3n) is 4.86. The van der Waals surface area contributed by atoms with Gasteiger partial charge in [-0.25, -0.2) is 9.78 Å². The van der Waals surface area contributed by atoms with E-state index in [-0.39, 0.29) is 5.91 Å². The number of hydrogen-bond acceptors (Lipinski definition) is 7. The zero-order chi connectivity index (χ0) is 20.7. The second kappa shape index (κ2) is 7.34. The number of para-hydroxylation sites is 2. The Hall–Kier alpha value is -3.59. The van der Waals surface area contributed by atoms with Crippen LogP contribution in [-0.2, 0) is 4.79 Å². The smallest absolute Gasteiger partial charge is 0.420 e. The van der Waals surface area contributed by atoms with Crippen LogP contribution < -0.4 is 20.5 Å². The van der Waals surface area contributed by atoms with Gasteiger partial charge in [-0.1, -0.05) is 12.1 Å². The number of thiazole rings is 1. The highest BCUT2D eigenvalue weighted by molar-refractivity contribution is 7.14. The fraction of sp³-hybridized carbons (Fsp3) is 0.190. The number of carbonyl (C=O) groups is 1. The molecule has 8 nitrogen and oxygen atoms in total. The van der Waals surface area contributed by atoms with Crippen molar-refractivity contribution in [1.29, 1.82) is 0 Å². The van der Waals surface area contributed by atoms with Crippen molar-refractivity contribution in [2.24, 2.45) is 0 Å². The summed E-state index contributed by atoms with van der Waals surface area (Å²) in [5, 5.41) is 5.08. The van der Waals surface area contributed by atoms with Gasteiger partial charge in [0.2, 0.25) is 5.91 Å².